The zero-order valence-corrected chi connectivity index (χ0v) is 9.38. The fourth-order valence-corrected chi connectivity index (χ4v) is 2.78. The van der Waals surface area contributed by atoms with Gasteiger partial charge in [0.25, 0.3) is 0 Å². The first-order chi connectivity index (χ1) is 7.50. The monoisotopic (exact) mass is 223 g/mol. The molecule has 0 heterocycles. The van der Waals surface area contributed by atoms with Crippen LogP contribution >= 0.6 is 0 Å². The first kappa shape index (κ1) is 11.2. The highest BCUT2D eigenvalue weighted by atomic mass is 16.5. The summed E-state index contributed by atoms with van der Waals surface area (Å²) in [7, 11) is 0. The van der Waals surface area contributed by atoms with Crippen LogP contribution in [0.25, 0.3) is 0 Å². The highest BCUT2D eigenvalue weighted by Crippen LogP contribution is 2.48. The van der Waals surface area contributed by atoms with Gasteiger partial charge in [-0.25, -0.2) is 0 Å². The van der Waals surface area contributed by atoms with Gasteiger partial charge in [0.2, 0.25) is 0 Å². The Morgan fingerprint density at radius 3 is 2.31 bits per heavy atom. The molecule has 4 nitrogen and oxygen atoms in total. The van der Waals surface area contributed by atoms with Crippen molar-refractivity contribution in [2.45, 2.75) is 26.4 Å². The van der Waals surface area contributed by atoms with Gasteiger partial charge in [0.05, 0.1) is 12.0 Å². The van der Waals surface area contributed by atoms with Crippen LogP contribution in [0.1, 0.15) is 20.3 Å². The largest absolute Gasteiger partial charge is 0.550 e. The van der Waals surface area contributed by atoms with E-state index in [-0.39, 0.29) is 17.9 Å². The second-order valence-corrected chi connectivity index (χ2v) is 4.80. The molecule has 0 aromatic carbocycles. The number of aliphatic carboxylic acids is 1. The molecule has 88 valence electrons. The highest BCUT2D eigenvalue weighted by molar-refractivity contribution is 5.82. The summed E-state index contributed by atoms with van der Waals surface area (Å²) in [6, 6.07) is 0. The van der Waals surface area contributed by atoms with Gasteiger partial charge in [0.1, 0.15) is 0 Å². The predicted molar refractivity (Wildman–Crippen MR) is 54.0 cm³/mol. The van der Waals surface area contributed by atoms with Crippen LogP contribution in [0.5, 0.6) is 0 Å². The predicted octanol–water partition coefficient (Wildman–Crippen LogP) is 0.126. The Balaban J connectivity index is 2.16. The Morgan fingerprint density at radius 2 is 1.81 bits per heavy atom. The maximum absolute atomic E-state index is 11.8. The van der Waals surface area contributed by atoms with E-state index in [0.29, 0.717) is 0 Å². The van der Waals surface area contributed by atoms with Crippen molar-refractivity contribution in [2.75, 3.05) is 0 Å². The molecule has 2 rings (SSSR count). The molecule has 0 saturated heterocycles. The first-order valence-electron chi connectivity index (χ1n) is 5.60. The minimum atomic E-state index is -1.14. The van der Waals surface area contributed by atoms with Gasteiger partial charge < -0.3 is 14.6 Å². The molecule has 16 heavy (non-hydrogen) atoms. The van der Waals surface area contributed by atoms with Crippen LogP contribution in [0.15, 0.2) is 12.2 Å². The van der Waals surface area contributed by atoms with Crippen molar-refractivity contribution in [1.82, 2.24) is 0 Å². The van der Waals surface area contributed by atoms with Crippen LogP contribution < -0.4 is 5.11 Å². The maximum atomic E-state index is 11.8. The maximum Gasteiger partial charge on any atom is 0.310 e. The van der Waals surface area contributed by atoms with Crippen LogP contribution in [0, 0.1) is 23.7 Å². The average molecular weight is 223 g/mol. The van der Waals surface area contributed by atoms with Crippen molar-refractivity contribution in [1.29, 1.82) is 0 Å². The van der Waals surface area contributed by atoms with Gasteiger partial charge >= 0.3 is 5.97 Å². The molecular weight excluding hydrogens is 208 g/mol. The van der Waals surface area contributed by atoms with Crippen molar-refractivity contribution in [3.05, 3.63) is 12.2 Å². The fraction of sp³-hybridized carbons (Fsp3) is 0.667. The summed E-state index contributed by atoms with van der Waals surface area (Å²) >= 11 is 0. The lowest BCUT2D eigenvalue weighted by atomic mass is 9.83. The molecule has 0 aromatic heterocycles. The van der Waals surface area contributed by atoms with E-state index >= 15 is 0 Å². The lowest BCUT2D eigenvalue weighted by Crippen LogP contribution is -2.42. The van der Waals surface area contributed by atoms with Gasteiger partial charge in [-0.3, -0.25) is 4.79 Å². The van der Waals surface area contributed by atoms with Crippen molar-refractivity contribution in [3.8, 4) is 0 Å². The number of hydrogen-bond acceptors (Lipinski definition) is 4. The number of rotatable bonds is 3. The minimum Gasteiger partial charge on any atom is -0.550 e. The molecule has 0 N–H and O–H groups in total. The molecule has 0 aromatic rings. The molecule has 2 bridgehead atoms. The number of esters is 1. The van der Waals surface area contributed by atoms with E-state index in [1.54, 1.807) is 13.8 Å². The standard InChI is InChI=1S/C12H16O4/c1-6(2)16-12(15)10-8-4-3-7(5-8)9(10)11(13)14/h3-4,6-10H,5H2,1-2H3,(H,13,14)/p-1. The molecule has 4 unspecified atom stereocenters. The zero-order valence-electron chi connectivity index (χ0n) is 9.38. The van der Waals surface area contributed by atoms with E-state index in [9.17, 15) is 14.7 Å². The van der Waals surface area contributed by atoms with Gasteiger partial charge in [0.15, 0.2) is 0 Å². The number of carbonyl (C=O) groups is 2. The third-order valence-electron chi connectivity index (χ3n) is 3.36. The zero-order chi connectivity index (χ0) is 11.9. The number of carbonyl (C=O) groups excluding carboxylic acids is 2. The third-order valence-corrected chi connectivity index (χ3v) is 3.36. The quantitative estimate of drug-likeness (QED) is 0.503. The van der Waals surface area contributed by atoms with Crippen LogP contribution in [0.3, 0.4) is 0 Å². The second kappa shape index (κ2) is 3.92. The molecule has 2 aliphatic rings. The molecular formula is C12H15O4-. The van der Waals surface area contributed by atoms with Crippen molar-refractivity contribution >= 4 is 11.9 Å². The molecule has 0 spiro atoms. The third kappa shape index (κ3) is 1.72. The van der Waals surface area contributed by atoms with Gasteiger partial charge in [-0.1, -0.05) is 12.2 Å². The lowest BCUT2D eigenvalue weighted by Gasteiger charge is -2.27. The molecule has 1 saturated carbocycles. The van der Waals surface area contributed by atoms with E-state index in [1.165, 1.54) is 0 Å². The average Bonchev–Trinajstić information content (AvgIpc) is 2.74. The lowest BCUT2D eigenvalue weighted by molar-refractivity contribution is -0.314. The number of carboxylic acids is 1. The van der Waals surface area contributed by atoms with Gasteiger partial charge in [-0.05, 0) is 32.1 Å². The summed E-state index contributed by atoms with van der Waals surface area (Å²) < 4.78 is 5.10. The fourth-order valence-electron chi connectivity index (χ4n) is 2.78. The van der Waals surface area contributed by atoms with E-state index in [2.05, 4.69) is 0 Å². The summed E-state index contributed by atoms with van der Waals surface area (Å²) in [5, 5.41) is 11.0. The highest BCUT2D eigenvalue weighted by Gasteiger charge is 2.49. The summed E-state index contributed by atoms with van der Waals surface area (Å²) in [6.45, 7) is 3.52. The molecule has 0 aliphatic heterocycles. The van der Waals surface area contributed by atoms with E-state index in [4.69, 9.17) is 4.74 Å². The van der Waals surface area contributed by atoms with E-state index < -0.39 is 23.8 Å². The van der Waals surface area contributed by atoms with Crippen LogP contribution in [-0.4, -0.2) is 18.0 Å². The normalized spacial score (nSPS) is 35.7. The topological polar surface area (TPSA) is 66.4 Å². The Labute approximate surface area is 94.3 Å². The Morgan fingerprint density at radius 1 is 1.25 bits per heavy atom. The number of ether oxygens (including phenoxy) is 1. The van der Waals surface area contributed by atoms with E-state index in [0.717, 1.165) is 6.42 Å². The number of carboxylic acid groups (broad SMARTS) is 1. The van der Waals surface area contributed by atoms with Gasteiger partial charge in [-0.2, -0.15) is 0 Å². The summed E-state index contributed by atoms with van der Waals surface area (Å²) in [6.07, 6.45) is 4.33. The summed E-state index contributed by atoms with van der Waals surface area (Å²) in [5.74, 6) is -2.84. The van der Waals surface area contributed by atoms with Crippen molar-refractivity contribution < 1.29 is 19.4 Å². The first-order valence-corrected chi connectivity index (χ1v) is 5.60. The molecule has 0 radical (unpaired) electrons. The Hall–Kier alpha value is -1.32. The Kier molecular flexibility index (Phi) is 2.74. The molecule has 4 atom stereocenters. The second-order valence-electron chi connectivity index (χ2n) is 4.80. The molecule has 2 aliphatic carbocycles. The molecule has 1 fully saturated rings. The Bertz CT molecular complexity index is 345. The van der Waals surface area contributed by atoms with Gasteiger partial charge in [-0.15, -0.1) is 0 Å². The van der Waals surface area contributed by atoms with Crippen LogP contribution in [0.4, 0.5) is 0 Å². The van der Waals surface area contributed by atoms with E-state index in [1.807, 2.05) is 12.2 Å². The molecule has 0 amide bonds. The van der Waals surface area contributed by atoms with Crippen molar-refractivity contribution in [2.24, 2.45) is 23.7 Å². The van der Waals surface area contributed by atoms with Gasteiger partial charge in [0, 0.05) is 11.9 Å². The minimum absolute atomic E-state index is 0.0131. The summed E-state index contributed by atoms with van der Waals surface area (Å²) in [5.41, 5.74) is 0. The number of hydrogen-bond donors (Lipinski definition) is 0. The number of fused-ring (bicyclic) bond motifs is 2. The van der Waals surface area contributed by atoms with Crippen LogP contribution in [0.2, 0.25) is 0 Å². The van der Waals surface area contributed by atoms with Crippen molar-refractivity contribution in [3.63, 3.8) is 0 Å². The SMILES string of the molecule is CC(C)OC(=O)C1C2C=CC(C2)C1C(=O)[O-]. The smallest absolute Gasteiger partial charge is 0.310 e. The molecule has 4 heteroatoms. The summed E-state index contributed by atoms with van der Waals surface area (Å²) in [4.78, 5) is 22.9. The van der Waals surface area contributed by atoms with Crippen LogP contribution in [-0.2, 0) is 14.3 Å². The number of allylic oxidation sites excluding steroid dienone is 2.